The molecule has 2 aliphatic rings. The Morgan fingerprint density at radius 2 is 1.79 bits per heavy atom. The summed E-state index contributed by atoms with van der Waals surface area (Å²) in [4.78, 5) is 19.3. The van der Waals surface area contributed by atoms with E-state index >= 15 is 0 Å². The van der Waals surface area contributed by atoms with Gasteiger partial charge in [0.2, 0.25) is 5.91 Å². The number of piperazine rings is 1. The normalized spacial score (nSPS) is 24.0. The molecule has 1 aromatic rings. The van der Waals surface area contributed by atoms with Gasteiger partial charge in [0.25, 0.3) is 0 Å². The zero-order valence-corrected chi connectivity index (χ0v) is 14.7. The van der Waals surface area contributed by atoms with E-state index in [1.807, 2.05) is 24.0 Å². The topological polar surface area (TPSA) is 26.8 Å². The molecule has 4 nitrogen and oxygen atoms in total. The molecule has 24 heavy (non-hydrogen) atoms. The van der Waals surface area contributed by atoms with Crippen molar-refractivity contribution in [2.75, 3.05) is 44.2 Å². The highest BCUT2D eigenvalue weighted by Crippen LogP contribution is 2.20. The number of halogens is 1. The standard InChI is InChI=1S/C19H28FN3O/c1-15-4-3-9-23(14-15)19(24)16(2)21-10-12-22(13-11-21)18-7-5-17(20)6-8-18/h5-8,15-16H,3-4,9-14H2,1-2H3. The lowest BCUT2D eigenvalue weighted by Gasteiger charge is -2.41. The highest BCUT2D eigenvalue weighted by Gasteiger charge is 2.30. The van der Waals surface area contributed by atoms with E-state index in [9.17, 15) is 9.18 Å². The second-order valence-corrected chi connectivity index (χ2v) is 7.21. The van der Waals surface area contributed by atoms with Gasteiger partial charge in [0.15, 0.2) is 0 Å². The van der Waals surface area contributed by atoms with Crippen LogP contribution in [0.3, 0.4) is 0 Å². The van der Waals surface area contributed by atoms with E-state index in [0.717, 1.165) is 51.4 Å². The number of nitrogens with zero attached hydrogens (tertiary/aromatic N) is 3. The number of anilines is 1. The Morgan fingerprint density at radius 1 is 1.12 bits per heavy atom. The van der Waals surface area contributed by atoms with Gasteiger partial charge in [-0.05, 0) is 49.9 Å². The largest absolute Gasteiger partial charge is 0.369 e. The van der Waals surface area contributed by atoms with E-state index in [4.69, 9.17) is 0 Å². The van der Waals surface area contributed by atoms with Crippen molar-refractivity contribution < 1.29 is 9.18 Å². The lowest BCUT2D eigenvalue weighted by atomic mass is 9.99. The summed E-state index contributed by atoms with van der Waals surface area (Å²) in [6.45, 7) is 9.56. The number of hydrogen-bond acceptors (Lipinski definition) is 3. The van der Waals surface area contributed by atoms with Gasteiger partial charge in [-0.15, -0.1) is 0 Å². The minimum atomic E-state index is -0.202. The van der Waals surface area contributed by atoms with Crippen molar-refractivity contribution in [1.82, 2.24) is 9.80 Å². The minimum absolute atomic E-state index is 0.0503. The van der Waals surface area contributed by atoms with Crippen LogP contribution in [0, 0.1) is 11.7 Å². The number of likely N-dealkylation sites (tertiary alicyclic amines) is 1. The molecular formula is C19H28FN3O. The van der Waals surface area contributed by atoms with Gasteiger partial charge in [0.05, 0.1) is 6.04 Å². The first-order valence-corrected chi connectivity index (χ1v) is 9.08. The highest BCUT2D eigenvalue weighted by atomic mass is 19.1. The molecule has 0 spiro atoms. The SMILES string of the molecule is CC1CCCN(C(=O)C(C)N2CCN(c3ccc(F)cc3)CC2)C1. The van der Waals surface area contributed by atoms with Crippen molar-refractivity contribution in [1.29, 1.82) is 0 Å². The third-order valence-electron chi connectivity index (χ3n) is 5.38. The van der Waals surface area contributed by atoms with Gasteiger partial charge in [0, 0.05) is 45.0 Å². The second-order valence-electron chi connectivity index (χ2n) is 7.21. The number of carbonyl (C=O) groups is 1. The van der Waals surface area contributed by atoms with E-state index in [2.05, 4.69) is 16.7 Å². The van der Waals surface area contributed by atoms with E-state index in [1.54, 1.807) is 0 Å². The average molecular weight is 333 g/mol. The molecule has 0 saturated carbocycles. The van der Waals surface area contributed by atoms with Crippen LogP contribution in [-0.2, 0) is 4.79 Å². The van der Waals surface area contributed by atoms with Crippen LogP contribution in [0.15, 0.2) is 24.3 Å². The predicted molar refractivity (Wildman–Crippen MR) is 94.6 cm³/mol. The summed E-state index contributed by atoms with van der Waals surface area (Å²) in [6, 6.07) is 6.62. The first-order chi connectivity index (χ1) is 11.5. The fraction of sp³-hybridized carbons (Fsp3) is 0.632. The van der Waals surface area contributed by atoms with Crippen molar-refractivity contribution in [3.8, 4) is 0 Å². The number of rotatable bonds is 3. The van der Waals surface area contributed by atoms with Crippen LogP contribution in [0.25, 0.3) is 0 Å². The smallest absolute Gasteiger partial charge is 0.239 e. The maximum Gasteiger partial charge on any atom is 0.239 e. The number of piperidine rings is 1. The molecule has 1 aromatic carbocycles. The van der Waals surface area contributed by atoms with Crippen LogP contribution in [-0.4, -0.2) is 61.0 Å². The van der Waals surface area contributed by atoms with Crippen LogP contribution in [0.5, 0.6) is 0 Å². The van der Waals surface area contributed by atoms with Gasteiger partial charge in [-0.1, -0.05) is 6.92 Å². The molecule has 2 fully saturated rings. The van der Waals surface area contributed by atoms with E-state index in [0.29, 0.717) is 5.92 Å². The monoisotopic (exact) mass is 333 g/mol. The maximum atomic E-state index is 13.0. The Morgan fingerprint density at radius 3 is 2.42 bits per heavy atom. The number of benzene rings is 1. The number of hydrogen-bond donors (Lipinski definition) is 0. The number of carbonyl (C=O) groups excluding carboxylic acids is 1. The molecule has 2 heterocycles. The highest BCUT2D eigenvalue weighted by molar-refractivity contribution is 5.81. The van der Waals surface area contributed by atoms with E-state index < -0.39 is 0 Å². The quantitative estimate of drug-likeness (QED) is 0.851. The summed E-state index contributed by atoms with van der Waals surface area (Å²) >= 11 is 0. The zero-order valence-electron chi connectivity index (χ0n) is 14.7. The lowest BCUT2D eigenvalue weighted by Crippen LogP contribution is -2.55. The molecule has 0 radical (unpaired) electrons. The maximum absolute atomic E-state index is 13.0. The van der Waals surface area contributed by atoms with Crippen molar-refractivity contribution in [3.05, 3.63) is 30.1 Å². The van der Waals surface area contributed by atoms with Crippen molar-refractivity contribution in [2.45, 2.75) is 32.7 Å². The fourth-order valence-corrected chi connectivity index (χ4v) is 3.83. The molecule has 132 valence electrons. The molecule has 0 N–H and O–H groups in total. The van der Waals surface area contributed by atoms with Gasteiger partial charge in [-0.3, -0.25) is 9.69 Å². The average Bonchev–Trinajstić information content (AvgIpc) is 2.61. The van der Waals surface area contributed by atoms with Crippen LogP contribution in [0.4, 0.5) is 10.1 Å². The molecule has 2 aliphatic heterocycles. The first kappa shape index (κ1) is 17.2. The number of amides is 1. The zero-order chi connectivity index (χ0) is 17.1. The van der Waals surface area contributed by atoms with E-state index in [1.165, 1.54) is 18.6 Å². The fourth-order valence-electron chi connectivity index (χ4n) is 3.83. The molecule has 2 atom stereocenters. The Labute approximate surface area is 144 Å². The molecule has 0 bridgehead atoms. The Kier molecular flexibility index (Phi) is 5.39. The van der Waals surface area contributed by atoms with Crippen molar-refractivity contribution >= 4 is 11.6 Å². The second kappa shape index (κ2) is 7.51. The summed E-state index contributed by atoms with van der Waals surface area (Å²) < 4.78 is 13.0. The molecule has 3 rings (SSSR count). The molecular weight excluding hydrogens is 305 g/mol. The van der Waals surface area contributed by atoms with Gasteiger partial charge in [-0.2, -0.15) is 0 Å². The Bertz CT molecular complexity index is 554. The molecule has 0 aromatic heterocycles. The molecule has 2 saturated heterocycles. The Balaban J connectivity index is 1.53. The summed E-state index contributed by atoms with van der Waals surface area (Å²) in [5.41, 5.74) is 1.06. The van der Waals surface area contributed by atoms with Crippen molar-refractivity contribution in [3.63, 3.8) is 0 Å². The van der Waals surface area contributed by atoms with Crippen LogP contribution >= 0.6 is 0 Å². The predicted octanol–water partition coefficient (Wildman–Crippen LogP) is 2.59. The van der Waals surface area contributed by atoms with Crippen LogP contribution < -0.4 is 4.90 Å². The van der Waals surface area contributed by atoms with Crippen LogP contribution in [0.1, 0.15) is 26.7 Å². The first-order valence-electron chi connectivity index (χ1n) is 9.08. The van der Waals surface area contributed by atoms with Crippen molar-refractivity contribution in [2.24, 2.45) is 5.92 Å². The summed E-state index contributed by atoms with van der Waals surface area (Å²) in [5, 5.41) is 0. The molecule has 0 aliphatic carbocycles. The van der Waals surface area contributed by atoms with Gasteiger partial charge in [0.1, 0.15) is 5.82 Å². The summed E-state index contributed by atoms with van der Waals surface area (Å²) in [5.74, 6) is 0.689. The lowest BCUT2D eigenvalue weighted by molar-refractivity contribution is -0.138. The minimum Gasteiger partial charge on any atom is -0.369 e. The van der Waals surface area contributed by atoms with Gasteiger partial charge in [-0.25, -0.2) is 4.39 Å². The third-order valence-corrected chi connectivity index (χ3v) is 5.38. The third kappa shape index (κ3) is 3.89. The summed E-state index contributed by atoms with van der Waals surface area (Å²) in [6.07, 6.45) is 2.35. The van der Waals surface area contributed by atoms with E-state index in [-0.39, 0.29) is 17.8 Å². The summed E-state index contributed by atoms with van der Waals surface area (Å²) in [7, 11) is 0. The van der Waals surface area contributed by atoms with Gasteiger partial charge < -0.3 is 9.80 Å². The Hall–Kier alpha value is -1.62. The van der Waals surface area contributed by atoms with Gasteiger partial charge >= 0.3 is 0 Å². The molecule has 5 heteroatoms. The van der Waals surface area contributed by atoms with Crippen LogP contribution in [0.2, 0.25) is 0 Å². The molecule has 2 unspecified atom stereocenters. The molecule has 1 amide bonds.